The number of carbonyl (C=O) groups excluding carboxylic acids is 2. The van der Waals surface area contributed by atoms with Crippen LogP contribution in [0.2, 0.25) is 0 Å². The average molecular weight is 352 g/mol. The molecule has 0 aromatic carbocycles. The lowest BCUT2D eigenvalue weighted by molar-refractivity contribution is -0.119. The molecule has 0 aliphatic carbocycles. The van der Waals surface area contributed by atoms with Crippen molar-refractivity contribution in [2.75, 3.05) is 16.9 Å². The summed E-state index contributed by atoms with van der Waals surface area (Å²) in [4.78, 5) is 27.3. The minimum Gasteiger partial charge on any atom is -0.458 e. The Hall–Kier alpha value is -1.84. The third kappa shape index (κ3) is 4.12. The van der Waals surface area contributed by atoms with Crippen LogP contribution < -0.4 is 16.0 Å². The van der Waals surface area contributed by atoms with Crippen molar-refractivity contribution in [3.8, 4) is 11.5 Å². The van der Waals surface area contributed by atoms with E-state index in [-0.39, 0.29) is 17.9 Å². The van der Waals surface area contributed by atoms with Gasteiger partial charge in [-0.05, 0) is 12.1 Å². The molecular weight excluding hydrogens is 336 g/mol. The number of carbonyl (C=O) groups is 2. The van der Waals surface area contributed by atoms with Crippen LogP contribution in [0, 0.1) is 0 Å². The summed E-state index contributed by atoms with van der Waals surface area (Å²) < 4.78 is 5.64. The number of anilines is 1. The van der Waals surface area contributed by atoms with E-state index in [0.717, 1.165) is 11.6 Å². The molecule has 3 N–H and O–H groups in total. The molecule has 1 aliphatic heterocycles. The van der Waals surface area contributed by atoms with Gasteiger partial charge < -0.3 is 15.1 Å². The van der Waals surface area contributed by atoms with Crippen molar-refractivity contribution in [2.24, 2.45) is 0 Å². The maximum Gasteiger partial charge on any atom is 0.244 e. The Kier molecular flexibility index (Phi) is 4.99. The molecular formula is C14H16N4O3S2. The molecule has 1 aliphatic rings. The minimum atomic E-state index is -0.166. The van der Waals surface area contributed by atoms with Gasteiger partial charge in [-0.2, -0.15) is 0 Å². The standard InChI is InChI=1S/C14H16N4O3S2/c1-8(19)15-4-9-2-3-12(21-9)10-6-23-14(17-10)18-13(20)11-5-22-7-16-11/h2-3,6,11,16H,4-5,7H2,1H3,(H,15,19)(H,17,18,20). The zero-order valence-electron chi connectivity index (χ0n) is 12.4. The normalized spacial score (nSPS) is 17.2. The fraction of sp³-hybridized carbons (Fsp3) is 0.357. The van der Waals surface area contributed by atoms with E-state index in [1.165, 1.54) is 18.3 Å². The lowest BCUT2D eigenvalue weighted by Gasteiger charge is -2.07. The first-order valence-electron chi connectivity index (χ1n) is 7.03. The van der Waals surface area contributed by atoms with Crippen LogP contribution in [0.15, 0.2) is 21.9 Å². The number of furan rings is 1. The van der Waals surface area contributed by atoms with E-state index in [4.69, 9.17) is 4.42 Å². The Morgan fingerprint density at radius 3 is 3.09 bits per heavy atom. The Bertz CT molecular complexity index is 706. The molecule has 0 radical (unpaired) electrons. The number of aromatic nitrogens is 1. The molecule has 1 saturated heterocycles. The molecule has 7 nitrogen and oxygen atoms in total. The molecule has 0 spiro atoms. The Labute approximate surface area is 141 Å². The van der Waals surface area contributed by atoms with Crippen LogP contribution >= 0.6 is 23.1 Å². The van der Waals surface area contributed by atoms with Crippen molar-refractivity contribution < 1.29 is 14.0 Å². The van der Waals surface area contributed by atoms with Crippen molar-refractivity contribution in [2.45, 2.75) is 19.5 Å². The van der Waals surface area contributed by atoms with E-state index in [1.54, 1.807) is 23.9 Å². The van der Waals surface area contributed by atoms with Gasteiger partial charge in [0, 0.05) is 23.9 Å². The molecule has 0 saturated carbocycles. The second kappa shape index (κ2) is 7.16. The van der Waals surface area contributed by atoms with Crippen LogP contribution in [0.25, 0.3) is 11.5 Å². The van der Waals surface area contributed by atoms with Crippen molar-refractivity contribution in [1.82, 2.24) is 15.6 Å². The van der Waals surface area contributed by atoms with E-state index in [2.05, 4.69) is 20.9 Å². The van der Waals surface area contributed by atoms with E-state index in [0.29, 0.717) is 28.9 Å². The smallest absolute Gasteiger partial charge is 0.244 e. The van der Waals surface area contributed by atoms with Crippen LogP contribution in [0.5, 0.6) is 0 Å². The quantitative estimate of drug-likeness (QED) is 0.757. The van der Waals surface area contributed by atoms with Gasteiger partial charge in [-0.25, -0.2) is 4.98 Å². The van der Waals surface area contributed by atoms with Gasteiger partial charge in [0.1, 0.15) is 11.5 Å². The SMILES string of the molecule is CC(=O)NCc1ccc(-c2csc(NC(=O)C3CSCN3)n2)o1. The molecule has 2 aromatic heterocycles. The fourth-order valence-electron chi connectivity index (χ4n) is 2.02. The summed E-state index contributed by atoms with van der Waals surface area (Å²) in [5.41, 5.74) is 0.660. The maximum atomic E-state index is 12.0. The van der Waals surface area contributed by atoms with E-state index < -0.39 is 0 Å². The second-order valence-electron chi connectivity index (χ2n) is 4.97. The summed E-state index contributed by atoms with van der Waals surface area (Å²) in [5.74, 6) is 2.65. The van der Waals surface area contributed by atoms with E-state index in [1.807, 2.05) is 5.38 Å². The molecule has 1 unspecified atom stereocenters. The number of hydrogen-bond acceptors (Lipinski definition) is 7. The molecule has 0 bridgehead atoms. The molecule has 1 fully saturated rings. The van der Waals surface area contributed by atoms with Crippen LogP contribution in [0.4, 0.5) is 5.13 Å². The largest absolute Gasteiger partial charge is 0.458 e. The molecule has 23 heavy (non-hydrogen) atoms. The lowest BCUT2D eigenvalue weighted by atomic mass is 10.3. The van der Waals surface area contributed by atoms with Crippen molar-refractivity contribution in [1.29, 1.82) is 0 Å². The number of nitrogens with zero attached hydrogens (tertiary/aromatic N) is 1. The van der Waals surface area contributed by atoms with Gasteiger partial charge in [0.05, 0.1) is 12.6 Å². The molecule has 9 heteroatoms. The molecule has 122 valence electrons. The highest BCUT2D eigenvalue weighted by Crippen LogP contribution is 2.27. The van der Waals surface area contributed by atoms with Crippen molar-refractivity contribution in [3.05, 3.63) is 23.3 Å². The predicted octanol–water partition coefficient (Wildman–Crippen LogP) is 1.64. The molecule has 3 rings (SSSR count). The Balaban J connectivity index is 1.62. The van der Waals surface area contributed by atoms with Crippen LogP contribution in [-0.4, -0.2) is 34.5 Å². The van der Waals surface area contributed by atoms with Crippen molar-refractivity contribution in [3.63, 3.8) is 0 Å². The number of hydrogen-bond donors (Lipinski definition) is 3. The van der Waals surface area contributed by atoms with E-state index in [9.17, 15) is 9.59 Å². The van der Waals surface area contributed by atoms with Crippen LogP contribution in [0.3, 0.4) is 0 Å². The Morgan fingerprint density at radius 2 is 2.35 bits per heavy atom. The van der Waals surface area contributed by atoms with Gasteiger partial charge in [-0.15, -0.1) is 23.1 Å². The van der Waals surface area contributed by atoms with Crippen molar-refractivity contribution >= 4 is 40.0 Å². The average Bonchev–Trinajstić information content (AvgIpc) is 3.25. The minimum absolute atomic E-state index is 0.0679. The third-order valence-electron chi connectivity index (χ3n) is 3.19. The summed E-state index contributed by atoms with van der Waals surface area (Å²) >= 11 is 3.05. The molecule has 2 aromatic rings. The van der Waals surface area contributed by atoms with Gasteiger partial charge in [-0.3, -0.25) is 14.9 Å². The Morgan fingerprint density at radius 1 is 1.48 bits per heavy atom. The van der Waals surface area contributed by atoms with Gasteiger partial charge in [0.25, 0.3) is 0 Å². The first-order valence-corrected chi connectivity index (χ1v) is 9.06. The number of amides is 2. The predicted molar refractivity (Wildman–Crippen MR) is 90.2 cm³/mol. The topological polar surface area (TPSA) is 96.3 Å². The summed E-state index contributed by atoms with van der Waals surface area (Å²) in [5, 5.41) is 11.0. The second-order valence-corrected chi connectivity index (χ2v) is 6.86. The molecule has 1 atom stereocenters. The van der Waals surface area contributed by atoms with Crippen LogP contribution in [-0.2, 0) is 16.1 Å². The first-order chi connectivity index (χ1) is 11.1. The van der Waals surface area contributed by atoms with Gasteiger partial charge in [0.2, 0.25) is 11.8 Å². The monoisotopic (exact) mass is 352 g/mol. The highest BCUT2D eigenvalue weighted by molar-refractivity contribution is 7.99. The first kappa shape index (κ1) is 16.0. The number of thiazole rings is 1. The fourth-order valence-corrected chi connectivity index (χ4v) is 3.67. The van der Waals surface area contributed by atoms with Crippen LogP contribution in [0.1, 0.15) is 12.7 Å². The number of rotatable bonds is 5. The zero-order chi connectivity index (χ0) is 16.2. The lowest BCUT2D eigenvalue weighted by Crippen LogP contribution is -2.37. The maximum absolute atomic E-state index is 12.0. The summed E-state index contributed by atoms with van der Waals surface area (Å²) in [6, 6.07) is 3.43. The third-order valence-corrected chi connectivity index (χ3v) is 4.89. The summed E-state index contributed by atoms with van der Waals surface area (Å²) in [6.07, 6.45) is 0. The molecule has 3 heterocycles. The van der Waals surface area contributed by atoms with Gasteiger partial charge in [0.15, 0.2) is 10.9 Å². The van der Waals surface area contributed by atoms with Gasteiger partial charge in [-0.1, -0.05) is 0 Å². The van der Waals surface area contributed by atoms with Gasteiger partial charge >= 0.3 is 0 Å². The van der Waals surface area contributed by atoms with E-state index >= 15 is 0 Å². The zero-order valence-corrected chi connectivity index (χ0v) is 14.1. The highest BCUT2D eigenvalue weighted by Gasteiger charge is 2.23. The number of thioether (sulfide) groups is 1. The summed E-state index contributed by atoms with van der Waals surface area (Å²) in [7, 11) is 0. The number of nitrogens with one attached hydrogen (secondary N) is 3. The molecule has 2 amide bonds. The highest BCUT2D eigenvalue weighted by atomic mass is 32.2. The summed E-state index contributed by atoms with van der Waals surface area (Å²) in [6.45, 7) is 1.80.